The van der Waals surface area contributed by atoms with Crippen LogP contribution in [-0.4, -0.2) is 34.9 Å². The molecule has 4 heterocycles. The zero-order valence-corrected chi connectivity index (χ0v) is 35.8. The van der Waals surface area contributed by atoms with E-state index in [1.165, 1.54) is 5.39 Å². The number of hydrogen-bond acceptors (Lipinski definition) is 7. The van der Waals surface area contributed by atoms with Gasteiger partial charge < -0.3 is 24.2 Å². The summed E-state index contributed by atoms with van der Waals surface area (Å²) in [4.78, 5) is 0. The molecule has 0 atom stereocenters. The fourth-order valence-electron chi connectivity index (χ4n) is 5.49. The van der Waals surface area contributed by atoms with Crippen molar-refractivity contribution in [3.8, 4) is 5.69 Å². The largest absolute Gasteiger partial charge is 0.469 e. The molecule has 0 fully saturated rings. The molecule has 55 heavy (non-hydrogen) atoms. The Balaban J connectivity index is 0.000000200. The van der Waals surface area contributed by atoms with E-state index in [1.807, 2.05) is 78.5 Å². The number of fused-ring (bicyclic) bond motifs is 1. The number of nitrogens with zero attached hydrogens (tertiary/aromatic N) is 4. The zero-order chi connectivity index (χ0) is 41.5. The minimum absolute atomic E-state index is 0.344. The fraction of sp³-hybridized carbons (Fsp3) is 0.478. The second-order valence-corrected chi connectivity index (χ2v) is 17.0. The first-order valence-electron chi connectivity index (χ1n) is 19.3. The Morgan fingerprint density at radius 3 is 1.49 bits per heavy atom. The highest BCUT2D eigenvalue weighted by Crippen LogP contribution is 2.28. The zero-order valence-electron chi connectivity index (χ0n) is 35.8. The van der Waals surface area contributed by atoms with Crippen LogP contribution in [0.15, 0.2) is 94.0 Å². The van der Waals surface area contributed by atoms with Crippen molar-refractivity contribution in [2.45, 2.75) is 137 Å². The Morgan fingerprint density at radius 1 is 0.564 bits per heavy atom. The van der Waals surface area contributed by atoms with Crippen molar-refractivity contribution in [1.29, 1.82) is 0 Å². The molecule has 9 heteroatoms. The van der Waals surface area contributed by atoms with E-state index in [4.69, 9.17) is 8.83 Å². The third-order valence-corrected chi connectivity index (χ3v) is 8.97. The maximum atomic E-state index is 10.3. The number of aryl methyl sites for hydroxylation is 1. The summed E-state index contributed by atoms with van der Waals surface area (Å²) in [6.07, 6.45) is 1.62. The Kier molecular flexibility index (Phi) is 15.1. The number of para-hydroxylation sites is 2. The second kappa shape index (κ2) is 18.5. The summed E-state index contributed by atoms with van der Waals surface area (Å²) in [5, 5.41) is 39.8. The monoisotopic (exact) mass is 755 g/mol. The maximum absolute atomic E-state index is 10.3. The number of furan rings is 2. The van der Waals surface area contributed by atoms with Gasteiger partial charge in [0.05, 0.1) is 40.3 Å². The fourth-order valence-corrected chi connectivity index (χ4v) is 5.49. The van der Waals surface area contributed by atoms with Crippen molar-refractivity contribution in [2.24, 2.45) is 7.05 Å². The molecule has 300 valence electrons. The topological polar surface area (TPSA) is 123 Å². The molecule has 9 nitrogen and oxygen atoms in total. The van der Waals surface area contributed by atoms with E-state index < -0.39 is 16.8 Å². The number of hydrogen-bond donors (Lipinski definition) is 3. The Bertz CT molecular complexity index is 2010. The number of aliphatic hydroxyl groups is 3. The predicted octanol–water partition coefficient (Wildman–Crippen LogP) is 11.2. The SMILES string of the molecule is CC(C)c1cc(C(C)(C)O)co1.CC(C)c1cc(C(C)(C)O)n(-c2ccccc2)n1.CC(C)c1cc(C(C)(C)O)n(C)n1.CC(C)c1cc2ccccc2o1. The molecule has 0 radical (unpaired) electrons. The highest BCUT2D eigenvalue weighted by molar-refractivity contribution is 5.77. The van der Waals surface area contributed by atoms with E-state index in [1.54, 1.807) is 52.5 Å². The average molecular weight is 755 g/mol. The van der Waals surface area contributed by atoms with Crippen molar-refractivity contribution < 1.29 is 24.2 Å². The number of aromatic nitrogens is 4. The van der Waals surface area contributed by atoms with E-state index in [9.17, 15) is 15.3 Å². The van der Waals surface area contributed by atoms with Crippen LogP contribution in [0, 0.1) is 0 Å². The van der Waals surface area contributed by atoms with Crippen LogP contribution in [0.5, 0.6) is 0 Å². The minimum Gasteiger partial charge on any atom is -0.469 e. The summed E-state index contributed by atoms with van der Waals surface area (Å²) in [5.41, 5.74) is 3.99. The predicted molar refractivity (Wildman–Crippen MR) is 224 cm³/mol. The summed E-state index contributed by atoms with van der Waals surface area (Å²) in [6, 6.07) is 26.0. The highest BCUT2D eigenvalue weighted by atomic mass is 16.3. The van der Waals surface area contributed by atoms with Gasteiger partial charge in [-0.15, -0.1) is 0 Å². The standard InChI is InChI=1S/C15H20N2O.C11H12O.C10H18N2O.C10H16O2/c1-11(2)13-10-14(15(3,4)18)17(16-13)12-8-6-5-7-9-12;1-8(2)11-7-9-5-3-4-6-10(9)12-11;1-7(2)8-6-9(10(3,4)13)12(5)11-8;1-7(2)9-5-8(6-12-9)10(3,4)11/h5-11,18H,1-4H3;3-8H,1-2H3;6-7,13H,1-5H3;5-7,11H,1-4H3. The van der Waals surface area contributed by atoms with Crippen LogP contribution in [0.25, 0.3) is 16.7 Å². The van der Waals surface area contributed by atoms with Crippen LogP contribution in [0.4, 0.5) is 0 Å². The minimum atomic E-state index is -0.907. The lowest BCUT2D eigenvalue weighted by molar-refractivity contribution is 0.0694. The first-order valence-corrected chi connectivity index (χ1v) is 19.3. The molecule has 6 aromatic rings. The number of benzene rings is 2. The van der Waals surface area contributed by atoms with Gasteiger partial charge in [-0.2, -0.15) is 10.2 Å². The molecule has 0 aliphatic rings. The molecule has 2 aromatic carbocycles. The second-order valence-electron chi connectivity index (χ2n) is 17.0. The van der Waals surface area contributed by atoms with Gasteiger partial charge in [0, 0.05) is 29.8 Å². The van der Waals surface area contributed by atoms with Gasteiger partial charge in [0.2, 0.25) is 0 Å². The lowest BCUT2D eigenvalue weighted by Gasteiger charge is -2.18. The van der Waals surface area contributed by atoms with Crippen molar-refractivity contribution in [1.82, 2.24) is 19.6 Å². The third kappa shape index (κ3) is 12.8. The van der Waals surface area contributed by atoms with Gasteiger partial charge >= 0.3 is 0 Å². The van der Waals surface area contributed by atoms with Gasteiger partial charge in [-0.25, -0.2) is 4.68 Å². The molecule has 0 amide bonds. The molecule has 0 aliphatic carbocycles. The average Bonchev–Trinajstić information content (AvgIpc) is 3.90. The molecule has 3 N–H and O–H groups in total. The van der Waals surface area contributed by atoms with Crippen molar-refractivity contribution >= 4 is 11.0 Å². The third-order valence-electron chi connectivity index (χ3n) is 8.97. The van der Waals surface area contributed by atoms with Crippen molar-refractivity contribution in [2.75, 3.05) is 0 Å². The van der Waals surface area contributed by atoms with E-state index in [2.05, 4.69) is 77.7 Å². The summed E-state index contributed by atoms with van der Waals surface area (Å²) in [5.74, 6) is 3.58. The van der Waals surface area contributed by atoms with Crippen LogP contribution in [0.2, 0.25) is 0 Å². The quantitative estimate of drug-likeness (QED) is 0.141. The van der Waals surface area contributed by atoms with Gasteiger partial charge in [0.1, 0.15) is 28.3 Å². The molecule has 0 bridgehead atoms. The molecule has 0 unspecified atom stereocenters. The Labute approximate surface area is 329 Å². The van der Waals surface area contributed by atoms with Crippen LogP contribution >= 0.6 is 0 Å². The normalized spacial score (nSPS) is 12.1. The van der Waals surface area contributed by atoms with Crippen molar-refractivity contribution in [3.63, 3.8) is 0 Å². The number of rotatable bonds is 8. The lowest BCUT2D eigenvalue weighted by Crippen LogP contribution is -2.20. The molecule has 0 aliphatic heterocycles. The molecule has 0 spiro atoms. The van der Waals surface area contributed by atoms with E-state index >= 15 is 0 Å². The lowest BCUT2D eigenvalue weighted by atomic mass is 10.0. The molecule has 0 saturated heterocycles. The summed E-state index contributed by atoms with van der Waals surface area (Å²) in [7, 11) is 1.86. The Morgan fingerprint density at radius 2 is 1.07 bits per heavy atom. The van der Waals surface area contributed by atoms with Crippen LogP contribution < -0.4 is 0 Å². The maximum Gasteiger partial charge on any atom is 0.134 e. The first-order chi connectivity index (χ1) is 25.4. The molecular formula is C46H66N4O5. The first kappa shape index (κ1) is 45.0. The van der Waals surface area contributed by atoms with Gasteiger partial charge in [-0.05, 0) is 95.8 Å². The van der Waals surface area contributed by atoms with Crippen LogP contribution in [0.1, 0.15) is 160 Å². The van der Waals surface area contributed by atoms with E-state index in [-0.39, 0.29) is 0 Å². The summed E-state index contributed by atoms with van der Waals surface area (Å²) < 4.78 is 14.5. The van der Waals surface area contributed by atoms with Crippen molar-refractivity contribution in [3.05, 3.63) is 125 Å². The van der Waals surface area contributed by atoms with Crippen LogP contribution in [0.3, 0.4) is 0 Å². The van der Waals surface area contributed by atoms with E-state index in [0.29, 0.717) is 23.7 Å². The van der Waals surface area contributed by atoms with Gasteiger partial charge in [-0.3, -0.25) is 4.68 Å². The van der Waals surface area contributed by atoms with Gasteiger partial charge in [0.15, 0.2) is 0 Å². The summed E-state index contributed by atoms with van der Waals surface area (Å²) >= 11 is 0. The molecule has 6 rings (SSSR count). The van der Waals surface area contributed by atoms with E-state index in [0.717, 1.165) is 51.1 Å². The smallest absolute Gasteiger partial charge is 0.134 e. The highest BCUT2D eigenvalue weighted by Gasteiger charge is 2.25. The molecular weight excluding hydrogens is 689 g/mol. The van der Waals surface area contributed by atoms with Gasteiger partial charge in [0.25, 0.3) is 0 Å². The Hall–Kier alpha value is -4.44. The van der Waals surface area contributed by atoms with Gasteiger partial charge in [-0.1, -0.05) is 91.8 Å². The molecule has 4 aromatic heterocycles. The summed E-state index contributed by atoms with van der Waals surface area (Å²) in [6.45, 7) is 27.4. The molecule has 0 saturated carbocycles. The van der Waals surface area contributed by atoms with Crippen LogP contribution in [-0.2, 0) is 23.9 Å².